The molecule has 0 heterocycles. The maximum Gasteiger partial charge on any atom is 0.410 e. The Morgan fingerprint density at radius 1 is 1.50 bits per heavy atom. The van der Waals surface area contributed by atoms with Crippen LogP contribution in [0.3, 0.4) is 0 Å². The SMILES string of the molecule is COC(=O)N(CC(N)=O)C(C)C. The lowest BCUT2D eigenvalue weighted by molar-refractivity contribution is -0.119. The number of methoxy groups -OCH3 is 1. The minimum atomic E-state index is -0.547. The minimum absolute atomic E-state index is 0.0926. The zero-order chi connectivity index (χ0) is 9.72. The summed E-state index contributed by atoms with van der Waals surface area (Å²) in [6.45, 7) is 3.45. The Balaban J connectivity index is 4.23. The summed E-state index contributed by atoms with van der Waals surface area (Å²) in [5.74, 6) is -0.547. The van der Waals surface area contributed by atoms with Crippen molar-refractivity contribution < 1.29 is 14.3 Å². The summed E-state index contributed by atoms with van der Waals surface area (Å²) in [6.07, 6.45) is -0.538. The van der Waals surface area contributed by atoms with Crippen LogP contribution in [0.1, 0.15) is 13.8 Å². The van der Waals surface area contributed by atoms with Crippen molar-refractivity contribution in [1.82, 2.24) is 4.90 Å². The van der Waals surface area contributed by atoms with Gasteiger partial charge in [-0.05, 0) is 13.8 Å². The number of rotatable bonds is 3. The quantitative estimate of drug-likeness (QED) is 0.651. The molecular formula is C7H14N2O3. The highest BCUT2D eigenvalue weighted by molar-refractivity contribution is 5.80. The molecule has 0 aliphatic heterocycles. The van der Waals surface area contributed by atoms with Gasteiger partial charge in [-0.3, -0.25) is 9.69 Å². The Hall–Kier alpha value is -1.26. The molecule has 0 fully saturated rings. The Morgan fingerprint density at radius 2 is 2.00 bits per heavy atom. The van der Waals surface area contributed by atoms with Crippen molar-refractivity contribution in [2.45, 2.75) is 19.9 Å². The predicted octanol–water partition coefficient (Wildman–Crippen LogP) is -0.0515. The Morgan fingerprint density at radius 3 is 2.25 bits per heavy atom. The summed E-state index contributed by atoms with van der Waals surface area (Å²) >= 11 is 0. The number of nitrogens with zero attached hydrogens (tertiary/aromatic N) is 1. The van der Waals surface area contributed by atoms with Crippen LogP contribution in [-0.4, -0.2) is 36.6 Å². The van der Waals surface area contributed by atoms with Crippen LogP contribution >= 0.6 is 0 Å². The summed E-state index contributed by atoms with van der Waals surface area (Å²) in [4.78, 5) is 22.7. The number of nitrogens with two attached hydrogens (primary N) is 1. The number of carbonyl (C=O) groups excluding carboxylic acids is 2. The first-order valence-electron chi connectivity index (χ1n) is 3.62. The zero-order valence-corrected chi connectivity index (χ0v) is 7.53. The number of ether oxygens (including phenoxy) is 1. The van der Waals surface area contributed by atoms with Crippen molar-refractivity contribution in [1.29, 1.82) is 0 Å². The summed E-state index contributed by atoms with van der Waals surface area (Å²) < 4.78 is 4.45. The molecule has 0 aliphatic carbocycles. The lowest BCUT2D eigenvalue weighted by Crippen LogP contribution is -2.42. The van der Waals surface area contributed by atoms with Gasteiger partial charge in [0.25, 0.3) is 0 Å². The molecule has 0 saturated heterocycles. The lowest BCUT2D eigenvalue weighted by Gasteiger charge is -2.23. The molecule has 70 valence electrons. The molecule has 0 aromatic heterocycles. The second-order valence-corrected chi connectivity index (χ2v) is 2.66. The van der Waals surface area contributed by atoms with Gasteiger partial charge in [0.15, 0.2) is 0 Å². The first-order chi connectivity index (χ1) is 5.49. The van der Waals surface area contributed by atoms with Gasteiger partial charge in [0.05, 0.1) is 7.11 Å². The fourth-order valence-corrected chi connectivity index (χ4v) is 0.743. The van der Waals surface area contributed by atoms with E-state index in [-0.39, 0.29) is 12.6 Å². The van der Waals surface area contributed by atoms with E-state index < -0.39 is 12.0 Å². The van der Waals surface area contributed by atoms with Crippen molar-refractivity contribution in [2.24, 2.45) is 5.73 Å². The van der Waals surface area contributed by atoms with Crippen molar-refractivity contribution in [3.05, 3.63) is 0 Å². The van der Waals surface area contributed by atoms with Crippen LogP contribution in [0.4, 0.5) is 4.79 Å². The summed E-state index contributed by atoms with van der Waals surface area (Å²) in [7, 11) is 1.26. The Labute approximate surface area is 71.5 Å². The molecule has 0 bridgehead atoms. The van der Waals surface area contributed by atoms with E-state index in [0.717, 1.165) is 0 Å². The highest BCUT2D eigenvalue weighted by atomic mass is 16.5. The Kier molecular flexibility index (Phi) is 4.10. The molecule has 0 rings (SSSR count). The fourth-order valence-electron chi connectivity index (χ4n) is 0.743. The molecule has 12 heavy (non-hydrogen) atoms. The summed E-state index contributed by atoms with van der Waals surface area (Å²) in [5.41, 5.74) is 4.94. The molecule has 0 saturated carbocycles. The third kappa shape index (κ3) is 3.23. The second-order valence-electron chi connectivity index (χ2n) is 2.66. The van der Waals surface area contributed by atoms with Gasteiger partial charge in [0.2, 0.25) is 5.91 Å². The van der Waals surface area contributed by atoms with E-state index in [1.807, 2.05) is 0 Å². The highest BCUT2D eigenvalue weighted by Crippen LogP contribution is 1.99. The Bertz CT molecular complexity index is 179. The van der Waals surface area contributed by atoms with Gasteiger partial charge in [0.1, 0.15) is 6.54 Å². The number of hydrogen-bond acceptors (Lipinski definition) is 3. The number of amides is 2. The van der Waals surface area contributed by atoms with Crippen molar-refractivity contribution in [3.63, 3.8) is 0 Å². The van der Waals surface area contributed by atoms with E-state index in [4.69, 9.17) is 5.73 Å². The van der Waals surface area contributed by atoms with Gasteiger partial charge in [-0.15, -0.1) is 0 Å². The fraction of sp³-hybridized carbons (Fsp3) is 0.714. The van der Waals surface area contributed by atoms with Gasteiger partial charge in [0, 0.05) is 6.04 Å². The van der Waals surface area contributed by atoms with Crippen molar-refractivity contribution >= 4 is 12.0 Å². The molecule has 2 amide bonds. The minimum Gasteiger partial charge on any atom is -0.453 e. The lowest BCUT2D eigenvalue weighted by atomic mass is 10.3. The molecule has 0 unspecified atom stereocenters. The number of primary amides is 1. The molecule has 5 nitrogen and oxygen atoms in total. The molecule has 0 aromatic rings. The maximum atomic E-state index is 11.0. The molecule has 2 N–H and O–H groups in total. The van der Waals surface area contributed by atoms with Gasteiger partial charge in [-0.25, -0.2) is 4.79 Å². The zero-order valence-electron chi connectivity index (χ0n) is 7.53. The van der Waals surface area contributed by atoms with Crippen LogP contribution < -0.4 is 5.73 Å². The van der Waals surface area contributed by atoms with Crippen LogP contribution in [0.5, 0.6) is 0 Å². The molecule has 0 aromatic carbocycles. The van der Waals surface area contributed by atoms with Crippen LogP contribution in [0.2, 0.25) is 0 Å². The molecule has 5 heteroatoms. The normalized spacial score (nSPS) is 9.67. The third-order valence-corrected chi connectivity index (χ3v) is 1.36. The second kappa shape index (κ2) is 4.58. The third-order valence-electron chi connectivity index (χ3n) is 1.36. The molecule has 0 atom stereocenters. The van der Waals surface area contributed by atoms with Crippen molar-refractivity contribution in [2.75, 3.05) is 13.7 Å². The van der Waals surface area contributed by atoms with E-state index in [1.54, 1.807) is 13.8 Å². The van der Waals surface area contributed by atoms with Gasteiger partial charge < -0.3 is 10.5 Å². The molecule has 0 aliphatic rings. The predicted molar refractivity (Wildman–Crippen MR) is 43.4 cm³/mol. The van der Waals surface area contributed by atoms with E-state index in [2.05, 4.69) is 4.74 Å². The van der Waals surface area contributed by atoms with Crippen molar-refractivity contribution in [3.8, 4) is 0 Å². The average molecular weight is 174 g/mol. The van der Waals surface area contributed by atoms with E-state index >= 15 is 0 Å². The van der Waals surface area contributed by atoms with Gasteiger partial charge in [-0.1, -0.05) is 0 Å². The van der Waals surface area contributed by atoms with Crippen LogP contribution in [0, 0.1) is 0 Å². The topological polar surface area (TPSA) is 72.6 Å². The number of hydrogen-bond donors (Lipinski definition) is 1. The number of carbonyl (C=O) groups is 2. The maximum absolute atomic E-state index is 11.0. The van der Waals surface area contributed by atoms with Crippen LogP contribution in [-0.2, 0) is 9.53 Å². The monoisotopic (exact) mass is 174 g/mol. The van der Waals surface area contributed by atoms with E-state index in [9.17, 15) is 9.59 Å². The van der Waals surface area contributed by atoms with E-state index in [1.165, 1.54) is 12.0 Å². The first-order valence-corrected chi connectivity index (χ1v) is 3.62. The summed E-state index contributed by atoms with van der Waals surface area (Å²) in [5, 5.41) is 0. The average Bonchev–Trinajstić information content (AvgIpc) is 1.98. The van der Waals surface area contributed by atoms with Crippen LogP contribution in [0.25, 0.3) is 0 Å². The van der Waals surface area contributed by atoms with Gasteiger partial charge >= 0.3 is 6.09 Å². The smallest absolute Gasteiger partial charge is 0.410 e. The van der Waals surface area contributed by atoms with E-state index in [0.29, 0.717) is 0 Å². The van der Waals surface area contributed by atoms with Crippen LogP contribution in [0.15, 0.2) is 0 Å². The summed E-state index contributed by atoms with van der Waals surface area (Å²) in [6, 6.07) is -0.0926. The molecular weight excluding hydrogens is 160 g/mol. The first kappa shape index (κ1) is 10.7. The van der Waals surface area contributed by atoms with Gasteiger partial charge in [-0.2, -0.15) is 0 Å². The largest absolute Gasteiger partial charge is 0.453 e. The highest BCUT2D eigenvalue weighted by Gasteiger charge is 2.18. The molecule has 0 spiro atoms. The molecule has 0 radical (unpaired) electrons. The standard InChI is InChI=1S/C7H14N2O3/c1-5(2)9(4-6(8)10)7(11)12-3/h5H,4H2,1-3H3,(H2,8,10).